The molecule has 5 rings (SSSR count). The molecule has 0 fully saturated rings. The predicted molar refractivity (Wildman–Crippen MR) is 143 cm³/mol. The van der Waals surface area contributed by atoms with Crippen molar-refractivity contribution in [1.29, 1.82) is 0 Å². The van der Waals surface area contributed by atoms with Crippen LogP contribution in [0.15, 0.2) is 73.0 Å². The van der Waals surface area contributed by atoms with E-state index >= 15 is 0 Å². The average Bonchev–Trinajstić information content (AvgIpc) is 3.62. The molecule has 4 aromatic heterocycles. The number of rotatable bonds is 7. The van der Waals surface area contributed by atoms with Crippen molar-refractivity contribution in [2.24, 2.45) is 7.05 Å². The lowest BCUT2D eigenvalue weighted by molar-refractivity contribution is -0.117. The zero-order valence-corrected chi connectivity index (χ0v) is 20.6. The van der Waals surface area contributed by atoms with Gasteiger partial charge in [-0.1, -0.05) is 25.3 Å². The van der Waals surface area contributed by atoms with Crippen LogP contribution in [0.1, 0.15) is 24.2 Å². The Morgan fingerprint density at radius 1 is 1.22 bits per heavy atom. The van der Waals surface area contributed by atoms with Crippen LogP contribution in [0.3, 0.4) is 0 Å². The van der Waals surface area contributed by atoms with Crippen molar-refractivity contribution < 1.29 is 9.18 Å². The molecular formula is C27H23FN6OS. The number of H-pyrrole nitrogens is 1. The monoisotopic (exact) mass is 498 g/mol. The molecule has 5 aromatic rings. The Balaban J connectivity index is 1.71. The number of carbonyl (C=O) groups excluding carboxylic acids is 1. The topological polar surface area (TPSA) is 88.5 Å². The van der Waals surface area contributed by atoms with E-state index in [4.69, 9.17) is 4.98 Å². The summed E-state index contributed by atoms with van der Waals surface area (Å²) in [6.45, 7) is 8.87. The lowest BCUT2D eigenvalue weighted by Gasteiger charge is -2.11. The number of pyridine rings is 1. The van der Waals surface area contributed by atoms with E-state index in [1.165, 1.54) is 23.5 Å². The van der Waals surface area contributed by atoms with Gasteiger partial charge in [-0.2, -0.15) is 10.2 Å². The molecule has 0 aliphatic carbocycles. The Kier molecular flexibility index (Phi) is 6.07. The van der Waals surface area contributed by atoms with E-state index in [0.717, 1.165) is 38.3 Å². The van der Waals surface area contributed by atoms with E-state index in [-0.39, 0.29) is 11.9 Å². The summed E-state index contributed by atoms with van der Waals surface area (Å²) in [5.74, 6) is -0.765. The fraction of sp³-hybridized carbons (Fsp3) is 0.111. The van der Waals surface area contributed by atoms with E-state index in [0.29, 0.717) is 22.6 Å². The zero-order chi connectivity index (χ0) is 25.4. The first-order chi connectivity index (χ1) is 17.4. The standard InChI is InChI=1S/C27H23FN6OS/c1-5-18(28)12-20-26(23-13-21(31-32-23)15(3)29-24(35)6-2)30-25(19-9-10-36-27(19)20)16-7-8-17-14-34(4)33-22(17)11-16/h5-15H,1-2H2,3-4H3,(H,29,35)(H,31,32)/t15-/m0/s1. The van der Waals surface area contributed by atoms with Gasteiger partial charge in [-0.25, -0.2) is 9.37 Å². The molecule has 9 heteroatoms. The molecule has 1 aromatic carbocycles. The summed E-state index contributed by atoms with van der Waals surface area (Å²) < 4.78 is 17.1. The van der Waals surface area contributed by atoms with Gasteiger partial charge in [0.15, 0.2) is 0 Å². The van der Waals surface area contributed by atoms with Crippen molar-refractivity contribution >= 4 is 44.3 Å². The van der Waals surface area contributed by atoms with Crippen LogP contribution >= 0.6 is 11.3 Å². The number of hydrogen-bond donors (Lipinski definition) is 2. The van der Waals surface area contributed by atoms with Crippen LogP contribution in [0.25, 0.3) is 49.7 Å². The number of thiophene rings is 1. The molecule has 0 unspecified atom stereocenters. The van der Waals surface area contributed by atoms with Gasteiger partial charge in [0, 0.05) is 39.8 Å². The van der Waals surface area contributed by atoms with Crippen LogP contribution in [0.4, 0.5) is 4.39 Å². The third-order valence-electron chi connectivity index (χ3n) is 5.87. The Bertz CT molecular complexity index is 1670. The minimum absolute atomic E-state index is 0.291. The lowest BCUT2D eigenvalue weighted by atomic mass is 10.0. The van der Waals surface area contributed by atoms with Crippen molar-refractivity contribution in [3.8, 4) is 22.6 Å². The number of aryl methyl sites for hydroxylation is 1. The van der Waals surface area contributed by atoms with Crippen molar-refractivity contribution in [3.05, 3.63) is 84.3 Å². The molecule has 0 saturated carbocycles. The maximum atomic E-state index is 14.5. The normalized spacial score (nSPS) is 12.7. The second-order valence-corrected chi connectivity index (χ2v) is 9.25. The quantitative estimate of drug-likeness (QED) is 0.210. The Labute approximate surface area is 210 Å². The molecule has 0 saturated heterocycles. The fourth-order valence-corrected chi connectivity index (χ4v) is 5.02. The number of halogens is 1. The highest BCUT2D eigenvalue weighted by Gasteiger charge is 2.20. The number of fused-ring (bicyclic) bond motifs is 2. The maximum absolute atomic E-state index is 14.5. The van der Waals surface area contributed by atoms with E-state index in [2.05, 4.69) is 33.8 Å². The molecule has 4 heterocycles. The van der Waals surface area contributed by atoms with Crippen LogP contribution < -0.4 is 5.32 Å². The number of carbonyl (C=O) groups is 1. The Hall–Kier alpha value is -4.37. The van der Waals surface area contributed by atoms with Gasteiger partial charge < -0.3 is 5.32 Å². The summed E-state index contributed by atoms with van der Waals surface area (Å²) in [6, 6.07) is 9.49. The highest BCUT2D eigenvalue weighted by Crippen LogP contribution is 2.39. The predicted octanol–water partition coefficient (Wildman–Crippen LogP) is 6.10. The first-order valence-corrected chi connectivity index (χ1v) is 12.1. The summed E-state index contributed by atoms with van der Waals surface area (Å²) in [6.07, 6.45) is 5.76. The van der Waals surface area contributed by atoms with Gasteiger partial charge in [-0.05, 0) is 48.7 Å². The summed E-state index contributed by atoms with van der Waals surface area (Å²) >= 11 is 1.50. The third kappa shape index (κ3) is 4.25. The second-order valence-electron chi connectivity index (χ2n) is 8.34. The number of benzene rings is 1. The highest BCUT2D eigenvalue weighted by atomic mass is 32.1. The number of nitrogens with zero attached hydrogens (tertiary/aromatic N) is 4. The SMILES string of the molecule is C=CC(=O)N[C@@H](C)c1cc(-c2nc(-c3ccc4cn(C)nc4c3)c3ccsc3c2C=C(F)C=C)n[nH]1. The number of nitrogens with one attached hydrogen (secondary N) is 2. The van der Waals surface area contributed by atoms with E-state index in [1.54, 1.807) is 4.68 Å². The first-order valence-electron chi connectivity index (χ1n) is 11.2. The molecule has 1 atom stereocenters. The first kappa shape index (κ1) is 23.4. The molecular weight excluding hydrogens is 475 g/mol. The van der Waals surface area contributed by atoms with Gasteiger partial charge in [0.25, 0.3) is 0 Å². The molecule has 0 spiro atoms. The number of allylic oxidation sites excluding steroid dienone is 2. The molecule has 0 radical (unpaired) electrons. The third-order valence-corrected chi connectivity index (χ3v) is 6.81. The van der Waals surface area contributed by atoms with Crippen molar-refractivity contribution in [3.63, 3.8) is 0 Å². The van der Waals surface area contributed by atoms with Gasteiger partial charge in [0.05, 0.1) is 22.9 Å². The van der Waals surface area contributed by atoms with Gasteiger partial charge in [0.1, 0.15) is 17.2 Å². The van der Waals surface area contributed by atoms with Crippen molar-refractivity contribution in [1.82, 2.24) is 30.3 Å². The minimum atomic E-state index is -0.474. The van der Waals surface area contributed by atoms with Crippen LogP contribution in [-0.2, 0) is 11.8 Å². The molecule has 1 amide bonds. The molecule has 180 valence electrons. The van der Waals surface area contributed by atoms with Crippen LogP contribution in [0.2, 0.25) is 0 Å². The van der Waals surface area contributed by atoms with Gasteiger partial charge in [0.2, 0.25) is 5.91 Å². The summed E-state index contributed by atoms with van der Waals surface area (Å²) in [5.41, 5.74) is 4.85. The zero-order valence-electron chi connectivity index (χ0n) is 19.7. The minimum Gasteiger partial charge on any atom is -0.345 e. The number of aromatic nitrogens is 5. The molecule has 36 heavy (non-hydrogen) atoms. The van der Waals surface area contributed by atoms with Gasteiger partial charge >= 0.3 is 0 Å². The number of aromatic amines is 1. The second kappa shape index (κ2) is 9.35. The molecule has 0 aliphatic heterocycles. The van der Waals surface area contributed by atoms with Crippen LogP contribution in [0, 0.1) is 0 Å². The van der Waals surface area contributed by atoms with Crippen LogP contribution in [-0.4, -0.2) is 30.9 Å². The maximum Gasteiger partial charge on any atom is 0.243 e. The summed E-state index contributed by atoms with van der Waals surface area (Å²) in [5, 5.41) is 18.7. The largest absolute Gasteiger partial charge is 0.345 e. The van der Waals surface area contributed by atoms with Crippen molar-refractivity contribution in [2.75, 3.05) is 0 Å². The smallest absolute Gasteiger partial charge is 0.243 e. The Morgan fingerprint density at radius 2 is 2.06 bits per heavy atom. The Morgan fingerprint density at radius 3 is 2.83 bits per heavy atom. The summed E-state index contributed by atoms with van der Waals surface area (Å²) in [4.78, 5) is 16.8. The van der Waals surface area contributed by atoms with E-state index in [1.807, 2.05) is 55.9 Å². The fourth-order valence-electron chi connectivity index (χ4n) is 4.11. The van der Waals surface area contributed by atoms with E-state index < -0.39 is 5.83 Å². The number of amides is 1. The molecule has 7 nitrogen and oxygen atoms in total. The molecule has 0 bridgehead atoms. The van der Waals surface area contributed by atoms with Gasteiger partial charge in [-0.15, -0.1) is 11.3 Å². The van der Waals surface area contributed by atoms with E-state index in [9.17, 15) is 9.18 Å². The molecule has 2 N–H and O–H groups in total. The van der Waals surface area contributed by atoms with Gasteiger partial charge in [-0.3, -0.25) is 14.6 Å². The molecule has 0 aliphatic rings. The lowest BCUT2D eigenvalue weighted by Crippen LogP contribution is -2.24. The number of hydrogen-bond acceptors (Lipinski definition) is 5. The summed E-state index contributed by atoms with van der Waals surface area (Å²) in [7, 11) is 1.88. The highest BCUT2D eigenvalue weighted by molar-refractivity contribution is 7.17. The van der Waals surface area contributed by atoms with Crippen molar-refractivity contribution in [2.45, 2.75) is 13.0 Å². The average molecular weight is 499 g/mol. The van der Waals surface area contributed by atoms with Crippen LogP contribution in [0.5, 0.6) is 0 Å².